The summed E-state index contributed by atoms with van der Waals surface area (Å²) in [6.07, 6.45) is 8.66. The molecule has 0 radical (unpaired) electrons. The fourth-order valence-corrected chi connectivity index (χ4v) is 4.91. The van der Waals surface area contributed by atoms with E-state index in [1.54, 1.807) is 12.3 Å². The van der Waals surface area contributed by atoms with E-state index in [0.717, 1.165) is 58.0 Å². The molecule has 1 saturated carbocycles. The average Bonchev–Trinajstić information content (AvgIpc) is 2.92. The minimum Gasteiger partial charge on any atom is -0.393 e. The maximum Gasteiger partial charge on any atom is 0.230 e. The van der Waals surface area contributed by atoms with Gasteiger partial charge in [0.25, 0.3) is 0 Å². The van der Waals surface area contributed by atoms with Gasteiger partial charge < -0.3 is 14.9 Å². The van der Waals surface area contributed by atoms with E-state index in [1.165, 1.54) is 6.20 Å². The van der Waals surface area contributed by atoms with Crippen molar-refractivity contribution in [1.82, 2.24) is 9.88 Å². The molecule has 1 aromatic heterocycles. The number of pyridine rings is 1. The number of anilines is 1. The number of halogens is 1. The lowest BCUT2D eigenvalue weighted by atomic mass is 9.78. The summed E-state index contributed by atoms with van der Waals surface area (Å²) in [7, 11) is 0. The van der Waals surface area contributed by atoms with E-state index in [4.69, 9.17) is 0 Å². The summed E-state index contributed by atoms with van der Waals surface area (Å²) in [5, 5.41) is 9.71. The van der Waals surface area contributed by atoms with Crippen LogP contribution in [0, 0.1) is 11.2 Å². The van der Waals surface area contributed by atoms with Crippen LogP contribution in [0.15, 0.2) is 18.5 Å². The molecular weight excluding hydrogens is 321 g/mol. The Morgan fingerprint density at radius 3 is 2.76 bits per heavy atom. The van der Waals surface area contributed by atoms with E-state index in [0.29, 0.717) is 12.2 Å². The molecule has 136 valence electrons. The number of nitrogens with zero attached hydrogens (tertiary/aromatic N) is 3. The van der Waals surface area contributed by atoms with Gasteiger partial charge >= 0.3 is 0 Å². The highest BCUT2D eigenvalue weighted by Crippen LogP contribution is 2.43. The molecule has 5 nitrogen and oxygen atoms in total. The van der Waals surface area contributed by atoms with Gasteiger partial charge in [0.05, 0.1) is 23.4 Å². The number of rotatable bonds is 2. The standard InChI is InChI=1S/C19H26FN3O2/c20-16-12-21-9-6-17(16)22-10-1-7-19(13-22)8-11-23(18(19)25)14-2-4-15(24)5-3-14/h6,9,12,14-15,24H,1-5,7-8,10-11,13H2/t14-,15-,19-/m0/s1. The van der Waals surface area contributed by atoms with Crippen LogP contribution in [0.2, 0.25) is 0 Å². The van der Waals surface area contributed by atoms with Crippen molar-refractivity contribution in [2.75, 3.05) is 24.5 Å². The van der Waals surface area contributed by atoms with Gasteiger partial charge in [-0.1, -0.05) is 0 Å². The molecule has 0 bridgehead atoms. The summed E-state index contributed by atoms with van der Waals surface area (Å²) in [6.45, 7) is 2.18. The second kappa shape index (κ2) is 6.56. The molecule has 25 heavy (non-hydrogen) atoms. The van der Waals surface area contributed by atoms with Crippen molar-refractivity contribution in [3.05, 3.63) is 24.3 Å². The van der Waals surface area contributed by atoms with Crippen molar-refractivity contribution in [2.24, 2.45) is 5.41 Å². The summed E-state index contributed by atoms with van der Waals surface area (Å²) < 4.78 is 14.1. The third-order valence-electron chi connectivity index (χ3n) is 6.32. The maximum absolute atomic E-state index is 14.1. The van der Waals surface area contributed by atoms with E-state index in [-0.39, 0.29) is 29.3 Å². The number of aliphatic hydroxyl groups is 1. The molecule has 4 rings (SSSR count). The highest BCUT2D eigenvalue weighted by Gasteiger charge is 2.50. The zero-order chi connectivity index (χ0) is 17.4. The Labute approximate surface area is 147 Å². The highest BCUT2D eigenvalue weighted by molar-refractivity contribution is 5.86. The predicted octanol–water partition coefficient (Wildman–Crippen LogP) is 2.34. The topological polar surface area (TPSA) is 56.7 Å². The van der Waals surface area contributed by atoms with Crippen molar-refractivity contribution in [2.45, 2.75) is 57.1 Å². The minimum absolute atomic E-state index is 0.206. The molecule has 3 heterocycles. The van der Waals surface area contributed by atoms with Crippen LogP contribution < -0.4 is 4.90 Å². The van der Waals surface area contributed by atoms with Crippen LogP contribution in [0.1, 0.15) is 44.9 Å². The molecule has 0 aromatic carbocycles. The molecular formula is C19H26FN3O2. The lowest BCUT2D eigenvalue weighted by Gasteiger charge is -2.41. The van der Waals surface area contributed by atoms with E-state index in [1.807, 2.05) is 4.90 Å². The lowest BCUT2D eigenvalue weighted by molar-refractivity contribution is -0.139. The quantitative estimate of drug-likeness (QED) is 0.892. The first-order chi connectivity index (χ1) is 12.1. The fourth-order valence-electron chi connectivity index (χ4n) is 4.91. The first-order valence-electron chi connectivity index (χ1n) is 9.43. The predicted molar refractivity (Wildman–Crippen MR) is 92.7 cm³/mol. The summed E-state index contributed by atoms with van der Waals surface area (Å²) in [5.41, 5.74) is 0.186. The Balaban J connectivity index is 1.50. The maximum atomic E-state index is 14.1. The van der Waals surface area contributed by atoms with Gasteiger partial charge in [-0.15, -0.1) is 0 Å². The molecule has 1 atom stereocenters. The number of aromatic nitrogens is 1. The number of carbonyl (C=O) groups is 1. The molecule has 1 N–H and O–H groups in total. The summed E-state index contributed by atoms with van der Waals surface area (Å²) >= 11 is 0. The van der Waals surface area contributed by atoms with Gasteiger partial charge in [0.1, 0.15) is 0 Å². The summed E-state index contributed by atoms with van der Waals surface area (Å²) in [6, 6.07) is 1.97. The average molecular weight is 347 g/mol. The van der Waals surface area contributed by atoms with Crippen LogP contribution in [0.4, 0.5) is 10.1 Å². The van der Waals surface area contributed by atoms with Crippen LogP contribution >= 0.6 is 0 Å². The summed E-state index contributed by atoms with van der Waals surface area (Å²) in [5.74, 6) is -0.0730. The van der Waals surface area contributed by atoms with Gasteiger partial charge in [-0.05, 0) is 51.0 Å². The zero-order valence-electron chi connectivity index (χ0n) is 14.5. The number of aliphatic hydroxyl groups excluding tert-OH is 1. The van der Waals surface area contributed by atoms with Gasteiger partial charge in [0.2, 0.25) is 5.91 Å². The van der Waals surface area contributed by atoms with Crippen LogP contribution in [0.3, 0.4) is 0 Å². The smallest absolute Gasteiger partial charge is 0.230 e. The Hall–Kier alpha value is -1.69. The Bertz CT molecular complexity index is 647. The number of hydrogen-bond donors (Lipinski definition) is 1. The molecule has 3 fully saturated rings. The van der Waals surface area contributed by atoms with Crippen molar-refractivity contribution >= 4 is 11.6 Å². The number of likely N-dealkylation sites (tertiary alicyclic amines) is 1. The summed E-state index contributed by atoms with van der Waals surface area (Å²) in [4.78, 5) is 21.2. The molecule has 2 saturated heterocycles. The van der Waals surface area contributed by atoms with Gasteiger partial charge in [-0.2, -0.15) is 0 Å². The van der Waals surface area contributed by atoms with E-state index in [9.17, 15) is 14.3 Å². The van der Waals surface area contributed by atoms with Crippen molar-refractivity contribution < 1.29 is 14.3 Å². The second-order valence-corrected chi connectivity index (χ2v) is 7.84. The van der Waals surface area contributed by atoms with Crippen LogP contribution in [0.5, 0.6) is 0 Å². The molecule has 0 unspecified atom stereocenters. The number of piperidine rings is 1. The lowest BCUT2D eigenvalue weighted by Crippen LogP contribution is -2.50. The SMILES string of the molecule is O=C1N([C@H]2CC[C@H](O)CC2)CC[C@]12CCCN(c1ccncc1F)C2. The Kier molecular flexibility index (Phi) is 4.40. The first kappa shape index (κ1) is 16.8. The first-order valence-corrected chi connectivity index (χ1v) is 9.43. The number of hydrogen-bond acceptors (Lipinski definition) is 4. The van der Waals surface area contributed by atoms with Crippen LogP contribution in [-0.2, 0) is 4.79 Å². The minimum atomic E-state index is -0.371. The second-order valence-electron chi connectivity index (χ2n) is 7.84. The number of carbonyl (C=O) groups excluding carboxylic acids is 1. The van der Waals surface area contributed by atoms with Gasteiger partial charge in [-0.3, -0.25) is 9.78 Å². The van der Waals surface area contributed by atoms with E-state index in [2.05, 4.69) is 9.88 Å². The van der Waals surface area contributed by atoms with Crippen molar-refractivity contribution in [3.63, 3.8) is 0 Å². The Morgan fingerprint density at radius 1 is 1.20 bits per heavy atom. The number of amides is 1. The Morgan fingerprint density at radius 2 is 2.00 bits per heavy atom. The van der Waals surface area contributed by atoms with E-state index < -0.39 is 0 Å². The normalized spacial score (nSPS) is 33.3. The molecule has 1 spiro atoms. The largest absolute Gasteiger partial charge is 0.393 e. The molecule has 1 aliphatic carbocycles. The van der Waals surface area contributed by atoms with Crippen LogP contribution in [-0.4, -0.2) is 52.7 Å². The van der Waals surface area contributed by atoms with Gasteiger partial charge in [0.15, 0.2) is 5.82 Å². The third kappa shape index (κ3) is 3.01. The molecule has 3 aliphatic rings. The molecule has 1 amide bonds. The molecule has 1 aromatic rings. The fraction of sp³-hybridized carbons (Fsp3) is 0.684. The third-order valence-corrected chi connectivity index (χ3v) is 6.32. The zero-order valence-corrected chi connectivity index (χ0v) is 14.5. The molecule has 6 heteroatoms. The molecule has 2 aliphatic heterocycles. The highest BCUT2D eigenvalue weighted by atomic mass is 19.1. The van der Waals surface area contributed by atoms with Gasteiger partial charge in [-0.25, -0.2) is 4.39 Å². The van der Waals surface area contributed by atoms with Gasteiger partial charge in [0, 0.05) is 31.9 Å². The van der Waals surface area contributed by atoms with Crippen molar-refractivity contribution in [1.29, 1.82) is 0 Å². The monoisotopic (exact) mass is 347 g/mol. The van der Waals surface area contributed by atoms with Crippen molar-refractivity contribution in [3.8, 4) is 0 Å². The van der Waals surface area contributed by atoms with Crippen LogP contribution in [0.25, 0.3) is 0 Å². The van der Waals surface area contributed by atoms with E-state index >= 15 is 0 Å².